The first-order chi connectivity index (χ1) is 12.0. The predicted molar refractivity (Wildman–Crippen MR) is 95.3 cm³/mol. The van der Waals surface area contributed by atoms with Crippen molar-refractivity contribution in [1.29, 1.82) is 0 Å². The molecule has 0 radical (unpaired) electrons. The van der Waals surface area contributed by atoms with Crippen LogP contribution in [0.2, 0.25) is 0 Å². The van der Waals surface area contributed by atoms with Gasteiger partial charge in [0.25, 0.3) is 5.56 Å². The summed E-state index contributed by atoms with van der Waals surface area (Å²) < 4.78 is 1.35. The molecule has 1 amide bonds. The monoisotopic (exact) mass is 362 g/mol. The Morgan fingerprint density at radius 2 is 2.12 bits per heavy atom. The van der Waals surface area contributed by atoms with Gasteiger partial charge in [-0.25, -0.2) is 4.98 Å². The van der Waals surface area contributed by atoms with E-state index in [2.05, 4.69) is 10.3 Å². The zero-order chi connectivity index (χ0) is 18.2. The van der Waals surface area contributed by atoms with Crippen molar-refractivity contribution < 1.29 is 14.7 Å². The number of nitrogens with zero attached hydrogens (tertiary/aromatic N) is 2. The summed E-state index contributed by atoms with van der Waals surface area (Å²) in [7, 11) is 0. The highest BCUT2D eigenvalue weighted by Crippen LogP contribution is 2.15. The third-order valence-corrected chi connectivity index (χ3v) is 4.42. The van der Waals surface area contributed by atoms with E-state index in [-0.39, 0.29) is 30.9 Å². The van der Waals surface area contributed by atoms with Gasteiger partial charge in [-0.05, 0) is 43.4 Å². The lowest BCUT2D eigenvalue weighted by Crippen LogP contribution is -2.38. The van der Waals surface area contributed by atoms with E-state index >= 15 is 0 Å². The summed E-state index contributed by atoms with van der Waals surface area (Å²) in [6.45, 7) is 0.221. The van der Waals surface area contributed by atoms with Crippen LogP contribution in [0, 0.1) is 0 Å². The van der Waals surface area contributed by atoms with E-state index in [9.17, 15) is 19.5 Å². The number of carboxylic acid groups (broad SMARTS) is 1. The molecule has 0 saturated carbocycles. The van der Waals surface area contributed by atoms with E-state index in [1.807, 2.05) is 6.26 Å². The van der Waals surface area contributed by atoms with Crippen LogP contribution in [0.4, 0.5) is 0 Å². The van der Waals surface area contributed by atoms with Gasteiger partial charge in [0.15, 0.2) is 0 Å². The number of fused-ring (bicyclic) bond motifs is 1. The van der Waals surface area contributed by atoms with E-state index in [0.717, 1.165) is 0 Å². The third-order valence-electron chi connectivity index (χ3n) is 3.78. The van der Waals surface area contributed by atoms with Crippen LogP contribution in [-0.4, -0.2) is 40.0 Å². The molecule has 0 saturated heterocycles. The zero-order valence-corrected chi connectivity index (χ0v) is 14.8. The van der Waals surface area contributed by atoms with Gasteiger partial charge < -0.3 is 15.2 Å². The Bertz CT molecular complexity index is 806. The van der Waals surface area contributed by atoms with Crippen molar-refractivity contribution in [2.75, 3.05) is 18.6 Å². The minimum absolute atomic E-state index is 0.118. The summed E-state index contributed by atoms with van der Waals surface area (Å²) in [6.07, 6.45) is 3.97. The summed E-state index contributed by atoms with van der Waals surface area (Å²) in [5.74, 6) is -0.758. The van der Waals surface area contributed by atoms with Gasteiger partial charge in [-0.1, -0.05) is 12.1 Å². The number of amides is 1. The van der Waals surface area contributed by atoms with Crippen molar-refractivity contribution in [3.8, 4) is 0 Å². The van der Waals surface area contributed by atoms with Crippen molar-refractivity contribution in [1.82, 2.24) is 14.9 Å². The molecule has 0 fully saturated rings. The van der Waals surface area contributed by atoms with Gasteiger partial charge in [0.1, 0.15) is 6.04 Å². The lowest BCUT2D eigenvalue weighted by molar-refractivity contribution is -0.305. The lowest BCUT2D eigenvalue weighted by Gasteiger charge is -2.19. The maximum atomic E-state index is 12.7. The summed E-state index contributed by atoms with van der Waals surface area (Å²) in [4.78, 5) is 39.9. The molecule has 2 rings (SSSR count). The number of benzene rings is 1. The highest BCUT2D eigenvalue weighted by molar-refractivity contribution is 7.98. The first-order valence-electron chi connectivity index (χ1n) is 7.97. The van der Waals surface area contributed by atoms with Crippen LogP contribution in [0.5, 0.6) is 0 Å². The molecule has 1 heterocycles. The first kappa shape index (κ1) is 19.0. The molecule has 8 heteroatoms. The zero-order valence-electron chi connectivity index (χ0n) is 13.9. The average molecular weight is 362 g/mol. The largest absolute Gasteiger partial charge is 0.550 e. The molecule has 25 heavy (non-hydrogen) atoms. The summed E-state index contributed by atoms with van der Waals surface area (Å²) in [5.41, 5.74) is 0.323. The number of hydrogen-bond donors (Lipinski definition) is 1. The topological polar surface area (TPSA) is 104 Å². The maximum absolute atomic E-state index is 12.7. The fourth-order valence-corrected chi connectivity index (χ4v) is 2.95. The van der Waals surface area contributed by atoms with Crippen molar-refractivity contribution in [3.63, 3.8) is 0 Å². The normalized spacial score (nSPS) is 12.0. The summed E-state index contributed by atoms with van der Waals surface area (Å²) in [5, 5.41) is 13.6. The third kappa shape index (κ3) is 5.06. The standard InChI is InChI=1S/C17H21N3O4S/c1-25-10-8-14(16(23)18-9-4-7-15(21)22)20-11-19-13-6-3-2-5-12(13)17(20)24/h2-3,5-6,11,14H,4,7-10H2,1H3,(H,18,23)(H,21,22)/p-1/t14-/m0/s1. The summed E-state index contributed by atoms with van der Waals surface area (Å²) >= 11 is 1.58. The quantitative estimate of drug-likeness (QED) is 0.645. The van der Waals surface area contributed by atoms with E-state index < -0.39 is 12.0 Å². The number of rotatable bonds is 9. The van der Waals surface area contributed by atoms with Gasteiger partial charge in [0, 0.05) is 12.5 Å². The molecule has 0 unspecified atom stereocenters. The first-order valence-corrected chi connectivity index (χ1v) is 9.36. The molecule has 0 bridgehead atoms. The van der Waals surface area contributed by atoms with Gasteiger partial charge in [-0.2, -0.15) is 11.8 Å². The molecule has 0 aliphatic heterocycles. The van der Waals surface area contributed by atoms with Gasteiger partial charge in [0.2, 0.25) is 5.91 Å². The van der Waals surface area contributed by atoms with Crippen molar-refractivity contribution in [3.05, 3.63) is 40.9 Å². The molecule has 134 valence electrons. The Labute approximate surface area is 149 Å². The van der Waals surface area contributed by atoms with Gasteiger partial charge in [-0.15, -0.1) is 0 Å². The predicted octanol–water partition coefficient (Wildman–Crippen LogP) is 0.337. The molecular formula is C17H20N3O4S-. The highest BCUT2D eigenvalue weighted by Gasteiger charge is 2.21. The van der Waals surface area contributed by atoms with Crippen LogP contribution in [0.3, 0.4) is 0 Å². The molecule has 7 nitrogen and oxygen atoms in total. The van der Waals surface area contributed by atoms with E-state index in [0.29, 0.717) is 23.1 Å². The molecule has 1 N–H and O–H groups in total. The SMILES string of the molecule is CSCC[C@@H](C(=O)NCCCC(=O)[O-])n1cnc2ccccc2c1=O. The number of nitrogens with one attached hydrogen (secondary N) is 1. The molecular weight excluding hydrogens is 342 g/mol. The number of carbonyl (C=O) groups is 2. The average Bonchev–Trinajstić information content (AvgIpc) is 2.60. The Morgan fingerprint density at radius 1 is 1.36 bits per heavy atom. The number of carboxylic acids is 1. The maximum Gasteiger partial charge on any atom is 0.261 e. The number of aliphatic carboxylic acids is 1. The number of para-hydroxylation sites is 1. The number of carbonyl (C=O) groups excluding carboxylic acids is 2. The Morgan fingerprint density at radius 3 is 2.84 bits per heavy atom. The summed E-state index contributed by atoms with van der Waals surface area (Å²) in [6, 6.07) is 6.31. The van der Waals surface area contributed by atoms with Crippen LogP contribution < -0.4 is 16.0 Å². The van der Waals surface area contributed by atoms with E-state index in [1.165, 1.54) is 10.9 Å². The molecule has 1 aromatic carbocycles. The lowest BCUT2D eigenvalue weighted by atomic mass is 10.1. The Hall–Kier alpha value is -2.35. The van der Waals surface area contributed by atoms with Crippen LogP contribution in [0.25, 0.3) is 10.9 Å². The van der Waals surface area contributed by atoms with Crippen LogP contribution in [0.1, 0.15) is 25.3 Å². The van der Waals surface area contributed by atoms with Gasteiger partial charge in [0.05, 0.1) is 17.2 Å². The molecule has 0 aliphatic rings. The Balaban J connectivity index is 2.21. The molecule has 0 aliphatic carbocycles. The number of thioether (sulfide) groups is 1. The fraction of sp³-hybridized carbons (Fsp3) is 0.412. The highest BCUT2D eigenvalue weighted by atomic mass is 32.2. The van der Waals surface area contributed by atoms with Crippen molar-refractivity contribution in [2.24, 2.45) is 0 Å². The van der Waals surface area contributed by atoms with E-state index in [4.69, 9.17) is 0 Å². The molecule has 2 aromatic rings. The van der Waals surface area contributed by atoms with Gasteiger partial charge in [-0.3, -0.25) is 14.2 Å². The van der Waals surface area contributed by atoms with Crippen molar-refractivity contribution in [2.45, 2.75) is 25.3 Å². The second kappa shape index (κ2) is 9.22. The fourth-order valence-electron chi connectivity index (χ4n) is 2.49. The second-order valence-corrected chi connectivity index (χ2v) is 6.52. The van der Waals surface area contributed by atoms with Crippen LogP contribution >= 0.6 is 11.8 Å². The van der Waals surface area contributed by atoms with Gasteiger partial charge >= 0.3 is 0 Å². The molecule has 0 spiro atoms. The Kier molecular flexibility index (Phi) is 7.00. The van der Waals surface area contributed by atoms with Crippen LogP contribution in [0.15, 0.2) is 35.4 Å². The molecule has 1 atom stereocenters. The minimum atomic E-state index is -1.15. The number of aromatic nitrogens is 2. The van der Waals surface area contributed by atoms with E-state index in [1.54, 1.807) is 36.0 Å². The minimum Gasteiger partial charge on any atom is -0.550 e. The van der Waals surface area contributed by atoms with Crippen molar-refractivity contribution >= 4 is 34.5 Å². The smallest absolute Gasteiger partial charge is 0.261 e. The molecule has 1 aromatic heterocycles. The second-order valence-electron chi connectivity index (χ2n) is 5.54. The number of hydrogen-bond acceptors (Lipinski definition) is 6. The van der Waals surface area contributed by atoms with Crippen LogP contribution in [-0.2, 0) is 9.59 Å².